The molecule has 0 bridgehead atoms. The van der Waals surface area contributed by atoms with Gasteiger partial charge in [-0.1, -0.05) is 24.3 Å². The molecule has 29 heavy (non-hydrogen) atoms. The lowest BCUT2D eigenvalue weighted by atomic mass is 10.1. The van der Waals surface area contributed by atoms with E-state index in [0.717, 1.165) is 16.7 Å². The van der Waals surface area contributed by atoms with Crippen LogP contribution in [0.5, 0.6) is 11.5 Å². The van der Waals surface area contributed by atoms with Crippen LogP contribution in [0.25, 0.3) is 6.08 Å². The first-order valence-corrected chi connectivity index (χ1v) is 9.34. The SMILES string of the molecule is COc1cc(/C=C2\SC(=O)N(Cc3ccccc3C#N)C2=O)ccc1OC(C)=O. The normalized spacial score (nSPS) is 14.8. The fourth-order valence-electron chi connectivity index (χ4n) is 2.74. The van der Waals surface area contributed by atoms with Gasteiger partial charge in [-0.3, -0.25) is 19.3 Å². The zero-order valence-corrected chi connectivity index (χ0v) is 16.5. The highest BCUT2D eigenvalue weighted by Gasteiger charge is 2.35. The summed E-state index contributed by atoms with van der Waals surface area (Å²) >= 11 is 0.827. The summed E-state index contributed by atoms with van der Waals surface area (Å²) in [6, 6.07) is 13.7. The van der Waals surface area contributed by atoms with Crippen molar-refractivity contribution >= 4 is 35.0 Å². The molecule has 0 unspecified atom stereocenters. The number of methoxy groups -OCH3 is 1. The molecule has 1 aliphatic heterocycles. The zero-order valence-electron chi connectivity index (χ0n) is 15.7. The number of carbonyl (C=O) groups excluding carboxylic acids is 3. The van der Waals surface area contributed by atoms with Gasteiger partial charge in [0.1, 0.15) is 0 Å². The van der Waals surface area contributed by atoms with E-state index in [2.05, 4.69) is 6.07 Å². The van der Waals surface area contributed by atoms with E-state index in [4.69, 9.17) is 9.47 Å². The second-order valence-corrected chi connectivity index (χ2v) is 7.03. The van der Waals surface area contributed by atoms with Crippen LogP contribution in [0.15, 0.2) is 47.4 Å². The van der Waals surface area contributed by atoms with E-state index in [1.807, 2.05) is 0 Å². The van der Waals surface area contributed by atoms with Crippen molar-refractivity contribution in [3.63, 3.8) is 0 Å². The maximum Gasteiger partial charge on any atom is 0.308 e. The molecule has 3 rings (SSSR count). The Morgan fingerprint density at radius 1 is 1.21 bits per heavy atom. The molecule has 0 atom stereocenters. The van der Waals surface area contributed by atoms with Crippen LogP contribution < -0.4 is 9.47 Å². The van der Waals surface area contributed by atoms with Crippen LogP contribution in [0.3, 0.4) is 0 Å². The standard InChI is InChI=1S/C21H16N2O5S/c1-13(24)28-17-8-7-14(9-18(17)27-2)10-19-20(25)23(21(26)29-19)12-16-6-4-3-5-15(16)11-22/h3-10H,12H2,1-2H3/b19-10-. The van der Waals surface area contributed by atoms with E-state index in [-0.39, 0.29) is 17.2 Å². The van der Waals surface area contributed by atoms with E-state index in [1.165, 1.54) is 14.0 Å². The van der Waals surface area contributed by atoms with E-state index in [0.29, 0.717) is 22.4 Å². The van der Waals surface area contributed by atoms with Crippen LogP contribution in [-0.4, -0.2) is 29.1 Å². The van der Waals surface area contributed by atoms with Crippen LogP contribution in [0.4, 0.5) is 4.79 Å². The van der Waals surface area contributed by atoms with Gasteiger partial charge < -0.3 is 9.47 Å². The van der Waals surface area contributed by atoms with Crippen molar-refractivity contribution in [3.05, 3.63) is 64.1 Å². The molecule has 2 aromatic carbocycles. The van der Waals surface area contributed by atoms with Crippen LogP contribution in [0, 0.1) is 11.3 Å². The van der Waals surface area contributed by atoms with Gasteiger partial charge in [-0.25, -0.2) is 0 Å². The third-order valence-corrected chi connectivity index (χ3v) is 4.99. The van der Waals surface area contributed by atoms with Gasteiger partial charge in [0.2, 0.25) is 0 Å². The van der Waals surface area contributed by atoms with Gasteiger partial charge in [0.25, 0.3) is 11.1 Å². The molecule has 0 radical (unpaired) electrons. The molecule has 0 aromatic heterocycles. The smallest absolute Gasteiger partial charge is 0.308 e. The van der Waals surface area contributed by atoms with E-state index in [1.54, 1.807) is 48.5 Å². The molecule has 1 aliphatic rings. The highest BCUT2D eigenvalue weighted by atomic mass is 32.2. The van der Waals surface area contributed by atoms with Crippen LogP contribution in [0.2, 0.25) is 0 Å². The number of rotatable bonds is 5. The Hall–Kier alpha value is -3.57. The molecule has 2 aromatic rings. The van der Waals surface area contributed by atoms with E-state index >= 15 is 0 Å². The highest BCUT2D eigenvalue weighted by Crippen LogP contribution is 2.35. The molecule has 0 N–H and O–H groups in total. The molecule has 146 valence electrons. The minimum Gasteiger partial charge on any atom is -0.493 e. The Labute approximate surface area is 171 Å². The Kier molecular flexibility index (Phi) is 6.00. The number of ether oxygens (including phenoxy) is 2. The summed E-state index contributed by atoms with van der Waals surface area (Å²) in [6.45, 7) is 1.31. The number of thioether (sulfide) groups is 1. The minimum absolute atomic E-state index is 0.0282. The van der Waals surface area contributed by atoms with Crippen molar-refractivity contribution in [2.24, 2.45) is 0 Å². The molecule has 1 fully saturated rings. The summed E-state index contributed by atoms with van der Waals surface area (Å²) in [5.41, 5.74) is 1.63. The maximum atomic E-state index is 12.7. The number of nitrogens with zero attached hydrogens (tertiary/aromatic N) is 2. The summed E-state index contributed by atoms with van der Waals surface area (Å²) in [7, 11) is 1.44. The quantitative estimate of drug-likeness (QED) is 0.422. The number of hydrogen-bond donors (Lipinski definition) is 0. The lowest BCUT2D eigenvalue weighted by Gasteiger charge is -2.13. The van der Waals surface area contributed by atoms with E-state index < -0.39 is 17.1 Å². The van der Waals surface area contributed by atoms with E-state index in [9.17, 15) is 19.6 Å². The first-order chi connectivity index (χ1) is 13.9. The van der Waals surface area contributed by atoms with Gasteiger partial charge in [0.15, 0.2) is 11.5 Å². The Bertz CT molecular complexity index is 1070. The van der Waals surface area contributed by atoms with Crippen molar-refractivity contribution in [1.29, 1.82) is 5.26 Å². The molecule has 0 saturated carbocycles. The van der Waals surface area contributed by atoms with Crippen LogP contribution >= 0.6 is 11.8 Å². The predicted octanol–water partition coefficient (Wildman–Crippen LogP) is 3.73. The number of nitriles is 1. The number of carbonyl (C=O) groups is 3. The summed E-state index contributed by atoms with van der Waals surface area (Å²) < 4.78 is 10.3. The fraction of sp³-hybridized carbons (Fsp3) is 0.143. The summed E-state index contributed by atoms with van der Waals surface area (Å²) in [6.07, 6.45) is 1.57. The average Bonchev–Trinajstić information content (AvgIpc) is 2.96. The Balaban J connectivity index is 1.84. The number of benzene rings is 2. The topological polar surface area (TPSA) is 96.7 Å². The Morgan fingerprint density at radius 2 is 1.97 bits per heavy atom. The van der Waals surface area contributed by atoms with Gasteiger partial charge in [-0.2, -0.15) is 5.26 Å². The van der Waals surface area contributed by atoms with Crippen molar-refractivity contribution in [2.75, 3.05) is 7.11 Å². The van der Waals surface area contributed by atoms with Gasteiger partial charge >= 0.3 is 5.97 Å². The van der Waals surface area contributed by atoms with Crippen molar-refractivity contribution < 1.29 is 23.9 Å². The lowest BCUT2D eigenvalue weighted by Crippen LogP contribution is -2.27. The predicted molar refractivity (Wildman–Crippen MR) is 107 cm³/mol. The number of hydrogen-bond acceptors (Lipinski definition) is 7. The fourth-order valence-corrected chi connectivity index (χ4v) is 3.58. The van der Waals surface area contributed by atoms with Crippen LogP contribution in [-0.2, 0) is 16.1 Å². The maximum absolute atomic E-state index is 12.7. The average molecular weight is 408 g/mol. The monoisotopic (exact) mass is 408 g/mol. The van der Waals surface area contributed by atoms with Crippen molar-refractivity contribution in [2.45, 2.75) is 13.5 Å². The summed E-state index contributed by atoms with van der Waals surface area (Å²) in [4.78, 5) is 37.6. The second kappa shape index (κ2) is 8.63. The molecule has 8 heteroatoms. The van der Waals surface area contributed by atoms with Gasteiger partial charge in [0.05, 0.1) is 30.2 Å². The summed E-state index contributed by atoms with van der Waals surface area (Å²) in [5, 5.41) is 8.79. The molecule has 1 saturated heterocycles. The molecule has 7 nitrogen and oxygen atoms in total. The molecular weight excluding hydrogens is 392 g/mol. The zero-order chi connectivity index (χ0) is 21.0. The van der Waals surface area contributed by atoms with Gasteiger partial charge in [-0.05, 0) is 47.2 Å². The molecule has 2 amide bonds. The second-order valence-electron chi connectivity index (χ2n) is 6.04. The largest absolute Gasteiger partial charge is 0.493 e. The number of esters is 1. The minimum atomic E-state index is -0.477. The number of imide groups is 1. The lowest BCUT2D eigenvalue weighted by molar-refractivity contribution is -0.132. The van der Waals surface area contributed by atoms with Gasteiger partial charge in [0, 0.05) is 6.92 Å². The highest BCUT2D eigenvalue weighted by molar-refractivity contribution is 8.18. The molecule has 1 heterocycles. The number of amides is 2. The van der Waals surface area contributed by atoms with Gasteiger partial charge in [-0.15, -0.1) is 0 Å². The first kappa shape index (κ1) is 20.2. The van der Waals surface area contributed by atoms with Crippen LogP contribution in [0.1, 0.15) is 23.6 Å². The molecule has 0 aliphatic carbocycles. The first-order valence-electron chi connectivity index (χ1n) is 8.52. The molecule has 0 spiro atoms. The Morgan fingerprint density at radius 3 is 2.66 bits per heavy atom. The molecular formula is C21H16N2O5S. The third-order valence-electron chi connectivity index (χ3n) is 4.08. The van der Waals surface area contributed by atoms with Crippen molar-refractivity contribution in [1.82, 2.24) is 4.90 Å². The third kappa shape index (κ3) is 4.47. The summed E-state index contributed by atoms with van der Waals surface area (Å²) in [5.74, 6) is -0.319. The van der Waals surface area contributed by atoms with Crippen molar-refractivity contribution in [3.8, 4) is 17.6 Å².